The first-order chi connectivity index (χ1) is 16.0. The van der Waals surface area contributed by atoms with E-state index >= 15 is 0 Å². The molecule has 0 saturated heterocycles. The summed E-state index contributed by atoms with van der Waals surface area (Å²) in [5, 5.41) is 34.6. The summed E-state index contributed by atoms with van der Waals surface area (Å²) in [4.78, 5) is 36.4. The molecule has 5 rings (SSSR count). The highest BCUT2D eigenvalue weighted by molar-refractivity contribution is 5.70. The number of hydrogen-bond acceptors (Lipinski definition) is 8. The van der Waals surface area contributed by atoms with Gasteiger partial charge in [-0.3, -0.25) is 4.79 Å². The molecule has 0 amide bonds. The van der Waals surface area contributed by atoms with Crippen LogP contribution in [-0.2, 0) is 14.3 Å². The number of aliphatic hydroxyl groups excluding tert-OH is 1. The van der Waals surface area contributed by atoms with Crippen LogP contribution in [0.15, 0.2) is 27.6 Å². The Morgan fingerprint density at radius 1 is 1.15 bits per heavy atom. The van der Waals surface area contributed by atoms with Crippen LogP contribution in [0.2, 0.25) is 0 Å². The third-order valence-electron chi connectivity index (χ3n) is 10.2. The molecule has 0 spiro atoms. The van der Waals surface area contributed by atoms with Gasteiger partial charge in [-0.15, -0.1) is 0 Å². The van der Waals surface area contributed by atoms with Gasteiger partial charge in [0.2, 0.25) is 0 Å². The molecule has 34 heavy (non-hydrogen) atoms. The predicted octanol–water partition coefficient (Wildman–Crippen LogP) is 2.08. The van der Waals surface area contributed by atoms with Gasteiger partial charge in [-0.1, -0.05) is 6.92 Å². The number of fused-ring (bicyclic) bond motifs is 5. The second-order valence-electron chi connectivity index (χ2n) is 11.4. The zero-order chi connectivity index (χ0) is 24.5. The average molecular weight is 475 g/mol. The number of ether oxygens (including phenoxy) is 1. The number of carbonyl (C=O) groups excluding carboxylic acids is 2. The Balaban J connectivity index is 1.56. The minimum atomic E-state index is -1.50. The van der Waals surface area contributed by atoms with Crippen molar-refractivity contribution in [3.8, 4) is 0 Å². The molecule has 4 saturated carbocycles. The fourth-order valence-electron chi connectivity index (χ4n) is 8.68. The lowest BCUT2D eigenvalue weighted by Gasteiger charge is -2.66. The summed E-state index contributed by atoms with van der Waals surface area (Å²) in [5.41, 5.74) is -4.01. The van der Waals surface area contributed by atoms with Crippen LogP contribution in [0.5, 0.6) is 0 Å². The molecule has 1 aromatic heterocycles. The highest BCUT2D eigenvalue weighted by Crippen LogP contribution is 2.71. The molecule has 8 heteroatoms. The van der Waals surface area contributed by atoms with Crippen LogP contribution in [0.4, 0.5) is 0 Å². The van der Waals surface area contributed by atoms with Gasteiger partial charge in [0, 0.05) is 31.2 Å². The van der Waals surface area contributed by atoms with Crippen molar-refractivity contribution < 1.29 is 34.1 Å². The van der Waals surface area contributed by atoms with Gasteiger partial charge in [0.25, 0.3) is 0 Å². The summed E-state index contributed by atoms with van der Waals surface area (Å²) in [6.07, 6.45) is 3.74. The molecule has 4 aliphatic carbocycles. The van der Waals surface area contributed by atoms with E-state index < -0.39 is 45.8 Å². The summed E-state index contributed by atoms with van der Waals surface area (Å²) in [6, 6.07) is 3.17. The summed E-state index contributed by atoms with van der Waals surface area (Å²) in [6.45, 7) is 3.35. The second kappa shape index (κ2) is 7.73. The highest BCUT2D eigenvalue weighted by Gasteiger charge is 2.74. The first-order valence-corrected chi connectivity index (χ1v) is 12.4. The van der Waals surface area contributed by atoms with E-state index in [1.54, 1.807) is 6.07 Å². The Kier molecular flexibility index (Phi) is 5.39. The summed E-state index contributed by atoms with van der Waals surface area (Å²) < 4.78 is 10.7. The van der Waals surface area contributed by atoms with Gasteiger partial charge >= 0.3 is 11.6 Å². The molecule has 0 unspecified atom stereocenters. The molecule has 4 aliphatic rings. The standard InChI is InChI=1S/C26H34O8/c1-15(28)34-21-11-17(29)12-24(31)9-6-20-19(25(21,24)14-27)5-8-23(2)18(7-10-26(20,23)32)16-3-4-22(30)33-13-16/h3-4,13-14,17-21,29,31-32H,5-12H2,1-2H3/t17-,18+,19-,20+,21+,23+,24-,25-,26-/m0/s1. The van der Waals surface area contributed by atoms with Gasteiger partial charge in [0.1, 0.15) is 12.4 Å². The van der Waals surface area contributed by atoms with Crippen molar-refractivity contribution in [2.24, 2.45) is 22.7 Å². The van der Waals surface area contributed by atoms with Crippen molar-refractivity contribution in [2.45, 2.75) is 94.5 Å². The fourth-order valence-corrected chi connectivity index (χ4v) is 8.68. The van der Waals surface area contributed by atoms with Crippen LogP contribution >= 0.6 is 0 Å². The van der Waals surface area contributed by atoms with Gasteiger partial charge < -0.3 is 29.3 Å². The van der Waals surface area contributed by atoms with Crippen LogP contribution in [0.1, 0.15) is 76.7 Å². The van der Waals surface area contributed by atoms with Gasteiger partial charge in [-0.2, -0.15) is 0 Å². The second-order valence-corrected chi connectivity index (χ2v) is 11.4. The fraction of sp³-hybridized carbons (Fsp3) is 0.731. The smallest absolute Gasteiger partial charge is 0.335 e. The Morgan fingerprint density at radius 3 is 2.53 bits per heavy atom. The zero-order valence-electron chi connectivity index (χ0n) is 19.7. The van der Waals surface area contributed by atoms with E-state index in [1.807, 2.05) is 0 Å². The van der Waals surface area contributed by atoms with E-state index in [2.05, 4.69) is 6.92 Å². The first-order valence-electron chi connectivity index (χ1n) is 12.4. The van der Waals surface area contributed by atoms with Crippen LogP contribution in [0.3, 0.4) is 0 Å². The van der Waals surface area contributed by atoms with Gasteiger partial charge in [-0.25, -0.2) is 4.79 Å². The molecule has 0 aromatic carbocycles. The number of aliphatic hydroxyl groups is 3. The van der Waals surface area contributed by atoms with Crippen molar-refractivity contribution in [3.63, 3.8) is 0 Å². The lowest BCUT2D eigenvalue weighted by Crippen LogP contribution is -2.73. The molecule has 8 nitrogen and oxygen atoms in total. The van der Waals surface area contributed by atoms with Crippen molar-refractivity contribution in [2.75, 3.05) is 0 Å². The van der Waals surface area contributed by atoms with Gasteiger partial charge in [0.05, 0.1) is 29.0 Å². The Morgan fingerprint density at radius 2 is 1.88 bits per heavy atom. The molecule has 0 aliphatic heterocycles. The maximum atomic E-state index is 12.9. The molecule has 0 bridgehead atoms. The zero-order valence-corrected chi connectivity index (χ0v) is 19.7. The quantitative estimate of drug-likeness (QED) is 0.448. The highest BCUT2D eigenvalue weighted by atomic mass is 16.5. The van der Waals surface area contributed by atoms with Gasteiger partial charge in [0.15, 0.2) is 0 Å². The van der Waals surface area contributed by atoms with Crippen molar-refractivity contribution in [3.05, 3.63) is 34.4 Å². The van der Waals surface area contributed by atoms with Crippen LogP contribution in [-0.4, -0.2) is 51.0 Å². The van der Waals surface area contributed by atoms with Crippen molar-refractivity contribution in [1.29, 1.82) is 0 Å². The van der Waals surface area contributed by atoms with Crippen LogP contribution < -0.4 is 5.63 Å². The Bertz CT molecular complexity index is 1030. The Hall–Kier alpha value is -2.03. The monoisotopic (exact) mass is 474 g/mol. The summed E-state index contributed by atoms with van der Waals surface area (Å²) in [7, 11) is 0. The lowest BCUT2D eigenvalue weighted by molar-refractivity contribution is -0.274. The molecule has 1 heterocycles. The third kappa shape index (κ3) is 2.97. The number of rotatable bonds is 3. The third-order valence-corrected chi connectivity index (χ3v) is 10.2. The summed E-state index contributed by atoms with van der Waals surface area (Å²) >= 11 is 0. The molecule has 9 atom stereocenters. The van der Waals surface area contributed by atoms with E-state index in [-0.39, 0.29) is 37.0 Å². The van der Waals surface area contributed by atoms with E-state index in [0.717, 1.165) is 11.8 Å². The average Bonchev–Trinajstić information content (AvgIpc) is 3.04. The molecular formula is C26H34O8. The maximum Gasteiger partial charge on any atom is 0.335 e. The molecule has 3 N–H and O–H groups in total. The topological polar surface area (TPSA) is 134 Å². The van der Waals surface area contributed by atoms with Crippen LogP contribution in [0.25, 0.3) is 0 Å². The number of hydrogen-bond donors (Lipinski definition) is 3. The number of aldehydes is 1. The predicted molar refractivity (Wildman–Crippen MR) is 120 cm³/mol. The molecular weight excluding hydrogens is 440 g/mol. The number of carbonyl (C=O) groups is 2. The molecule has 1 aromatic rings. The van der Waals surface area contributed by atoms with Crippen molar-refractivity contribution in [1.82, 2.24) is 0 Å². The molecule has 0 radical (unpaired) electrons. The maximum absolute atomic E-state index is 12.9. The van der Waals surface area contributed by atoms with Crippen molar-refractivity contribution >= 4 is 12.3 Å². The van der Waals surface area contributed by atoms with Crippen LogP contribution in [0, 0.1) is 22.7 Å². The van der Waals surface area contributed by atoms with E-state index in [1.165, 1.54) is 19.3 Å². The Labute approximate surface area is 198 Å². The summed E-state index contributed by atoms with van der Waals surface area (Å²) in [5.74, 6) is -1.22. The SMILES string of the molecule is CC(=O)O[C@@H]1C[C@H](O)C[C@@]2(O)CC[C@@H]3[C@H](CC[C@]4(C)[C@@H](c5ccc(=O)oc5)CC[C@]34O)[C@@]12C=O. The molecule has 4 fully saturated rings. The largest absolute Gasteiger partial charge is 0.461 e. The lowest BCUT2D eigenvalue weighted by atomic mass is 9.41. The number of esters is 1. The first kappa shape index (κ1) is 23.7. The minimum absolute atomic E-state index is 0.00626. The molecule has 186 valence electrons. The minimum Gasteiger partial charge on any atom is -0.461 e. The van der Waals surface area contributed by atoms with E-state index in [0.29, 0.717) is 32.1 Å². The normalized spacial score (nSPS) is 47.7. The van der Waals surface area contributed by atoms with Gasteiger partial charge in [-0.05, 0) is 67.9 Å². The van der Waals surface area contributed by atoms with E-state index in [4.69, 9.17) is 9.15 Å². The van der Waals surface area contributed by atoms with E-state index in [9.17, 15) is 29.7 Å².